The van der Waals surface area contributed by atoms with E-state index in [2.05, 4.69) is 36.2 Å². The number of rotatable bonds is 5. The van der Waals surface area contributed by atoms with Crippen LogP contribution in [-0.2, 0) is 14.9 Å². The summed E-state index contributed by atoms with van der Waals surface area (Å²) in [5.74, 6) is 1.04. The molecule has 0 radical (unpaired) electrons. The second-order valence-corrected chi connectivity index (χ2v) is 6.35. The SMILES string of the molecule is CCO[C@H](C)C(=O)Nc1cc(C(C)(C)C)nn1-c1ccccn1. The van der Waals surface area contributed by atoms with E-state index < -0.39 is 6.10 Å². The molecule has 23 heavy (non-hydrogen) atoms. The predicted molar refractivity (Wildman–Crippen MR) is 89.8 cm³/mol. The number of hydrogen-bond acceptors (Lipinski definition) is 4. The molecule has 6 nitrogen and oxygen atoms in total. The lowest BCUT2D eigenvalue weighted by Crippen LogP contribution is -2.28. The van der Waals surface area contributed by atoms with E-state index in [1.165, 1.54) is 0 Å². The minimum atomic E-state index is -0.523. The van der Waals surface area contributed by atoms with Gasteiger partial charge >= 0.3 is 0 Å². The van der Waals surface area contributed by atoms with Crippen LogP contribution in [0.4, 0.5) is 5.82 Å². The van der Waals surface area contributed by atoms with Gasteiger partial charge in [-0.1, -0.05) is 26.8 Å². The molecule has 0 bridgehead atoms. The lowest BCUT2D eigenvalue weighted by Gasteiger charge is -2.13. The van der Waals surface area contributed by atoms with E-state index in [4.69, 9.17) is 4.74 Å². The highest BCUT2D eigenvalue weighted by Crippen LogP contribution is 2.25. The molecule has 0 aliphatic heterocycles. The van der Waals surface area contributed by atoms with E-state index in [1.54, 1.807) is 17.8 Å². The van der Waals surface area contributed by atoms with Gasteiger partial charge in [0.15, 0.2) is 5.82 Å². The van der Waals surface area contributed by atoms with Gasteiger partial charge in [-0.25, -0.2) is 4.98 Å². The minimum absolute atomic E-state index is 0.134. The van der Waals surface area contributed by atoms with Crippen LogP contribution in [0.2, 0.25) is 0 Å². The second-order valence-electron chi connectivity index (χ2n) is 6.35. The molecule has 0 unspecified atom stereocenters. The summed E-state index contributed by atoms with van der Waals surface area (Å²) in [6, 6.07) is 7.45. The summed E-state index contributed by atoms with van der Waals surface area (Å²) in [5.41, 5.74) is 0.743. The second kappa shape index (κ2) is 6.91. The number of carbonyl (C=O) groups excluding carboxylic acids is 1. The number of nitrogens with one attached hydrogen (secondary N) is 1. The lowest BCUT2D eigenvalue weighted by molar-refractivity contribution is -0.126. The first-order valence-electron chi connectivity index (χ1n) is 7.77. The number of ether oxygens (including phenoxy) is 1. The Labute approximate surface area is 136 Å². The van der Waals surface area contributed by atoms with Crippen LogP contribution in [0.25, 0.3) is 5.82 Å². The molecule has 2 aromatic rings. The number of pyridine rings is 1. The molecule has 0 spiro atoms. The Hall–Kier alpha value is -2.21. The van der Waals surface area contributed by atoms with Crippen molar-refractivity contribution in [1.29, 1.82) is 0 Å². The third-order valence-electron chi connectivity index (χ3n) is 3.38. The van der Waals surface area contributed by atoms with Gasteiger partial charge in [0.05, 0.1) is 5.69 Å². The van der Waals surface area contributed by atoms with Crippen molar-refractivity contribution in [2.45, 2.75) is 46.1 Å². The van der Waals surface area contributed by atoms with E-state index in [0.29, 0.717) is 18.2 Å². The van der Waals surface area contributed by atoms with E-state index >= 15 is 0 Å². The molecule has 1 atom stereocenters. The maximum Gasteiger partial charge on any atom is 0.254 e. The van der Waals surface area contributed by atoms with Gasteiger partial charge in [-0.15, -0.1) is 0 Å². The van der Waals surface area contributed by atoms with Crippen molar-refractivity contribution < 1.29 is 9.53 Å². The van der Waals surface area contributed by atoms with Crippen LogP contribution in [0.1, 0.15) is 40.3 Å². The highest BCUT2D eigenvalue weighted by molar-refractivity contribution is 5.93. The fraction of sp³-hybridized carbons (Fsp3) is 0.471. The van der Waals surface area contributed by atoms with Gasteiger partial charge < -0.3 is 10.1 Å². The molecule has 0 saturated carbocycles. The zero-order valence-electron chi connectivity index (χ0n) is 14.3. The standard InChI is InChI=1S/C17H24N4O2/c1-6-23-12(2)16(22)19-15-11-13(17(3,4)5)20-21(15)14-9-7-8-10-18-14/h7-12H,6H2,1-5H3,(H,19,22)/t12-/m1/s1. The van der Waals surface area contributed by atoms with Gasteiger partial charge in [0.1, 0.15) is 11.9 Å². The topological polar surface area (TPSA) is 69.0 Å². The molecule has 6 heteroatoms. The van der Waals surface area contributed by atoms with E-state index in [-0.39, 0.29) is 11.3 Å². The van der Waals surface area contributed by atoms with Gasteiger partial charge in [0, 0.05) is 24.3 Å². The average molecular weight is 316 g/mol. The van der Waals surface area contributed by atoms with Crippen LogP contribution in [0.5, 0.6) is 0 Å². The average Bonchev–Trinajstić information content (AvgIpc) is 2.92. The number of anilines is 1. The smallest absolute Gasteiger partial charge is 0.254 e. The third kappa shape index (κ3) is 4.16. The third-order valence-corrected chi connectivity index (χ3v) is 3.38. The first kappa shape index (κ1) is 17.1. The Balaban J connectivity index is 2.37. The zero-order chi connectivity index (χ0) is 17.0. The van der Waals surface area contributed by atoms with E-state index in [9.17, 15) is 4.79 Å². The summed E-state index contributed by atoms with van der Waals surface area (Å²) in [5, 5.41) is 7.49. The normalized spacial score (nSPS) is 12.9. The molecule has 2 heterocycles. The maximum absolute atomic E-state index is 12.2. The zero-order valence-corrected chi connectivity index (χ0v) is 14.3. The molecule has 1 N–H and O–H groups in total. The molecule has 0 aliphatic carbocycles. The van der Waals surface area contributed by atoms with Crippen LogP contribution in [0.3, 0.4) is 0 Å². The molecule has 1 amide bonds. The summed E-state index contributed by atoms with van der Waals surface area (Å²) < 4.78 is 6.99. The van der Waals surface area contributed by atoms with E-state index in [1.807, 2.05) is 31.2 Å². The maximum atomic E-state index is 12.2. The largest absolute Gasteiger partial charge is 0.369 e. The van der Waals surface area contributed by atoms with Gasteiger partial charge in [-0.05, 0) is 26.0 Å². The molecule has 0 aromatic carbocycles. The Morgan fingerprint density at radius 2 is 2.13 bits per heavy atom. The van der Waals surface area contributed by atoms with Gasteiger partial charge in [-0.3, -0.25) is 4.79 Å². The first-order valence-corrected chi connectivity index (χ1v) is 7.77. The van der Waals surface area contributed by atoms with Crippen LogP contribution < -0.4 is 5.32 Å². The van der Waals surface area contributed by atoms with Crippen LogP contribution in [0.15, 0.2) is 30.5 Å². The Morgan fingerprint density at radius 1 is 1.39 bits per heavy atom. The monoisotopic (exact) mass is 316 g/mol. The van der Waals surface area contributed by atoms with Gasteiger partial charge in [0.25, 0.3) is 5.91 Å². The number of aromatic nitrogens is 3. The van der Waals surface area contributed by atoms with Crippen LogP contribution in [0, 0.1) is 0 Å². The summed E-state index contributed by atoms with van der Waals surface area (Å²) in [6.07, 6.45) is 1.17. The van der Waals surface area contributed by atoms with Crippen molar-refractivity contribution in [2.75, 3.05) is 11.9 Å². The molecule has 0 aliphatic rings. The first-order chi connectivity index (χ1) is 10.8. The molecule has 0 fully saturated rings. The minimum Gasteiger partial charge on any atom is -0.369 e. The molecule has 2 rings (SSSR count). The van der Waals surface area contributed by atoms with Gasteiger partial charge in [-0.2, -0.15) is 9.78 Å². The molecular formula is C17H24N4O2. The molecular weight excluding hydrogens is 292 g/mol. The summed E-state index contributed by atoms with van der Waals surface area (Å²) in [7, 11) is 0. The number of nitrogens with zero attached hydrogens (tertiary/aromatic N) is 3. The fourth-order valence-corrected chi connectivity index (χ4v) is 2.04. The summed E-state index contributed by atoms with van der Waals surface area (Å²) in [4.78, 5) is 16.6. The highest BCUT2D eigenvalue weighted by Gasteiger charge is 2.23. The van der Waals surface area contributed by atoms with Crippen molar-refractivity contribution in [2.24, 2.45) is 0 Å². The summed E-state index contributed by atoms with van der Waals surface area (Å²) >= 11 is 0. The van der Waals surface area contributed by atoms with Crippen LogP contribution >= 0.6 is 0 Å². The molecule has 124 valence electrons. The predicted octanol–water partition coefficient (Wildman–Crippen LogP) is 2.93. The van der Waals surface area contributed by atoms with Crippen LogP contribution in [-0.4, -0.2) is 33.4 Å². The number of carbonyl (C=O) groups is 1. The lowest BCUT2D eigenvalue weighted by atomic mass is 9.92. The highest BCUT2D eigenvalue weighted by atomic mass is 16.5. The number of amides is 1. The summed E-state index contributed by atoms with van der Waals surface area (Å²) in [6.45, 7) is 10.3. The molecule has 0 saturated heterocycles. The van der Waals surface area contributed by atoms with Crippen molar-refractivity contribution in [3.05, 3.63) is 36.2 Å². The number of hydrogen-bond donors (Lipinski definition) is 1. The van der Waals surface area contributed by atoms with E-state index in [0.717, 1.165) is 5.69 Å². The van der Waals surface area contributed by atoms with Crippen molar-refractivity contribution in [1.82, 2.24) is 14.8 Å². The quantitative estimate of drug-likeness (QED) is 0.921. The van der Waals surface area contributed by atoms with Crippen molar-refractivity contribution in [3.63, 3.8) is 0 Å². The Kier molecular flexibility index (Phi) is 5.15. The Morgan fingerprint density at radius 3 is 2.70 bits per heavy atom. The van der Waals surface area contributed by atoms with Crippen molar-refractivity contribution in [3.8, 4) is 5.82 Å². The van der Waals surface area contributed by atoms with Crippen molar-refractivity contribution >= 4 is 11.7 Å². The molecule has 2 aromatic heterocycles. The fourth-order valence-electron chi connectivity index (χ4n) is 2.04. The van der Waals surface area contributed by atoms with Gasteiger partial charge in [0.2, 0.25) is 0 Å². The Bertz CT molecular complexity index is 659.